The number of ether oxygens (including phenoxy) is 1. The van der Waals surface area contributed by atoms with Gasteiger partial charge in [-0.3, -0.25) is 4.79 Å². The molecule has 18 heavy (non-hydrogen) atoms. The Bertz CT molecular complexity index is 381. The third kappa shape index (κ3) is 3.47. The molecule has 2 rings (SSSR count). The second-order valence-corrected chi connectivity index (χ2v) is 4.65. The fraction of sp³-hybridized carbons (Fsp3) is 0.500. The Balaban J connectivity index is 1.65. The van der Waals surface area contributed by atoms with E-state index in [1.807, 2.05) is 30.3 Å². The van der Waals surface area contributed by atoms with E-state index < -0.39 is 0 Å². The lowest BCUT2D eigenvalue weighted by Gasteiger charge is -2.15. The topological polar surface area (TPSA) is 64.4 Å². The molecule has 4 heteroatoms. The second kappa shape index (κ2) is 6.40. The molecule has 0 bridgehead atoms. The normalized spacial score (nSPS) is 22.7. The van der Waals surface area contributed by atoms with E-state index in [4.69, 9.17) is 10.5 Å². The summed E-state index contributed by atoms with van der Waals surface area (Å²) in [5.41, 5.74) is 5.88. The van der Waals surface area contributed by atoms with Gasteiger partial charge in [-0.1, -0.05) is 24.6 Å². The Morgan fingerprint density at radius 2 is 2.11 bits per heavy atom. The smallest absolute Gasteiger partial charge is 0.224 e. The van der Waals surface area contributed by atoms with Gasteiger partial charge in [-0.15, -0.1) is 0 Å². The number of benzene rings is 1. The summed E-state index contributed by atoms with van der Waals surface area (Å²) in [6.45, 7) is 1.01. The molecule has 98 valence electrons. The van der Waals surface area contributed by atoms with Crippen LogP contribution in [0, 0.1) is 5.92 Å². The minimum absolute atomic E-state index is 0.0123. The molecule has 1 amide bonds. The van der Waals surface area contributed by atoms with Crippen LogP contribution in [-0.4, -0.2) is 25.1 Å². The molecule has 1 saturated carbocycles. The van der Waals surface area contributed by atoms with Gasteiger partial charge >= 0.3 is 0 Å². The summed E-state index contributed by atoms with van der Waals surface area (Å²) in [6.07, 6.45) is 2.92. The molecule has 3 N–H and O–H groups in total. The van der Waals surface area contributed by atoms with Gasteiger partial charge in [-0.05, 0) is 25.0 Å². The van der Waals surface area contributed by atoms with Crippen molar-refractivity contribution in [2.75, 3.05) is 13.2 Å². The van der Waals surface area contributed by atoms with Crippen molar-refractivity contribution in [2.24, 2.45) is 11.7 Å². The van der Waals surface area contributed by atoms with Gasteiger partial charge in [0.1, 0.15) is 12.4 Å². The number of hydrogen-bond donors (Lipinski definition) is 2. The van der Waals surface area contributed by atoms with E-state index in [1.165, 1.54) is 0 Å². The predicted octanol–water partition coefficient (Wildman–Crippen LogP) is 1.31. The van der Waals surface area contributed by atoms with Crippen molar-refractivity contribution in [3.63, 3.8) is 0 Å². The first-order valence-electron chi connectivity index (χ1n) is 6.48. The molecular formula is C14H20N2O2. The zero-order valence-electron chi connectivity index (χ0n) is 10.5. The average Bonchev–Trinajstić information content (AvgIpc) is 2.82. The highest BCUT2D eigenvalue weighted by atomic mass is 16.5. The number of hydrogen-bond acceptors (Lipinski definition) is 3. The van der Waals surface area contributed by atoms with E-state index >= 15 is 0 Å². The standard InChI is InChI=1S/C14H20N2O2/c15-13-8-4-7-12(13)14(17)16-9-10-18-11-5-2-1-3-6-11/h1-3,5-6,12-13H,4,7-10,15H2,(H,16,17). The van der Waals surface area contributed by atoms with Crippen LogP contribution in [0.25, 0.3) is 0 Å². The number of amides is 1. The van der Waals surface area contributed by atoms with Crippen molar-refractivity contribution < 1.29 is 9.53 Å². The maximum absolute atomic E-state index is 11.8. The molecule has 0 spiro atoms. The van der Waals surface area contributed by atoms with E-state index in [0.717, 1.165) is 25.0 Å². The summed E-state index contributed by atoms with van der Waals surface area (Å²) >= 11 is 0. The number of nitrogens with two attached hydrogens (primary N) is 1. The number of rotatable bonds is 5. The number of carbonyl (C=O) groups excluding carboxylic acids is 1. The molecule has 1 aromatic carbocycles. The molecular weight excluding hydrogens is 228 g/mol. The van der Waals surface area contributed by atoms with Crippen LogP contribution >= 0.6 is 0 Å². The third-order valence-corrected chi connectivity index (χ3v) is 3.32. The Hall–Kier alpha value is -1.55. The highest BCUT2D eigenvalue weighted by Crippen LogP contribution is 2.23. The predicted molar refractivity (Wildman–Crippen MR) is 70.3 cm³/mol. The first-order chi connectivity index (χ1) is 8.77. The number of para-hydroxylation sites is 1. The lowest BCUT2D eigenvalue weighted by atomic mass is 10.0. The van der Waals surface area contributed by atoms with Crippen molar-refractivity contribution in [2.45, 2.75) is 25.3 Å². The maximum atomic E-state index is 11.8. The van der Waals surface area contributed by atoms with E-state index in [-0.39, 0.29) is 17.9 Å². The Labute approximate surface area is 108 Å². The van der Waals surface area contributed by atoms with Crippen molar-refractivity contribution in [1.82, 2.24) is 5.32 Å². The Kier molecular flexibility index (Phi) is 4.59. The molecule has 2 unspecified atom stereocenters. The SMILES string of the molecule is NC1CCCC1C(=O)NCCOc1ccccc1. The van der Waals surface area contributed by atoms with Crippen LogP contribution in [-0.2, 0) is 4.79 Å². The Morgan fingerprint density at radius 3 is 2.78 bits per heavy atom. The molecule has 0 radical (unpaired) electrons. The zero-order chi connectivity index (χ0) is 12.8. The molecule has 0 aromatic heterocycles. The summed E-state index contributed by atoms with van der Waals surface area (Å²) in [6, 6.07) is 9.61. The molecule has 0 saturated heterocycles. The summed E-state index contributed by atoms with van der Waals surface area (Å²) < 4.78 is 5.50. The van der Waals surface area contributed by atoms with Crippen LogP contribution < -0.4 is 15.8 Å². The molecule has 0 aliphatic heterocycles. The van der Waals surface area contributed by atoms with E-state index in [0.29, 0.717) is 13.2 Å². The summed E-state index contributed by atoms with van der Waals surface area (Å²) in [4.78, 5) is 11.8. The minimum Gasteiger partial charge on any atom is -0.492 e. The van der Waals surface area contributed by atoms with Crippen molar-refractivity contribution >= 4 is 5.91 Å². The van der Waals surface area contributed by atoms with E-state index in [1.54, 1.807) is 0 Å². The van der Waals surface area contributed by atoms with Crippen LogP contribution in [0.3, 0.4) is 0 Å². The van der Waals surface area contributed by atoms with Gasteiger partial charge in [-0.25, -0.2) is 0 Å². The minimum atomic E-state index is -0.0123. The van der Waals surface area contributed by atoms with Crippen molar-refractivity contribution in [1.29, 1.82) is 0 Å². The quantitative estimate of drug-likeness (QED) is 0.772. The van der Waals surface area contributed by atoms with E-state index in [2.05, 4.69) is 5.32 Å². The highest BCUT2D eigenvalue weighted by molar-refractivity contribution is 5.79. The van der Waals surface area contributed by atoms with E-state index in [9.17, 15) is 4.79 Å². The van der Waals surface area contributed by atoms with Crippen LogP contribution in [0.1, 0.15) is 19.3 Å². The van der Waals surface area contributed by atoms with Crippen LogP contribution in [0.15, 0.2) is 30.3 Å². The first kappa shape index (κ1) is 12.9. The molecule has 4 nitrogen and oxygen atoms in total. The lowest BCUT2D eigenvalue weighted by molar-refractivity contribution is -0.125. The van der Waals surface area contributed by atoms with Gasteiger partial charge in [0, 0.05) is 6.04 Å². The van der Waals surface area contributed by atoms with Gasteiger partial charge in [0.15, 0.2) is 0 Å². The number of carbonyl (C=O) groups is 1. The summed E-state index contributed by atoms with van der Waals surface area (Å²) in [7, 11) is 0. The van der Waals surface area contributed by atoms with Gasteiger partial charge in [0.25, 0.3) is 0 Å². The zero-order valence-corrected chi connectivity index (χ0v) is 10.5. The van der Waals surface area contributed by atoms with Gasteiger partial charge in [0.2, 0.25) is 5.91 Å². The Morgan fingerprint density at radius 1 is 1.33 bits per heavy atom. The van der Waals surface area contributed by atoms with Crippen LogP contribution in [0.5, 0.6) is 5.75 Å². The summed E-state index contributed by atoms with van der Waals surface area (Å²) in [5.74, 6) is 0.878. The molecule has 2 atom stereocenters. The highest BCUT2D eigenvalue weighted by Gasteiger charge is 2.29. The first-order valence-corrected chi connectivity index (χ1v) is 6.48. The van der Waals surface area contributed by atoms with Crippen molar-refractivity contribution in [3.05, 3.63) is 30.3 Å². The lowest BCUT2D eigenvalue weighted by Crippen LogP contribution is -2.40. The summed E-state index contributed by atoms with van der Waals surface area (Å²) in [5, 5.41) is 2.88. The molecule has 1 fully saturated rings. The van der Waals surface area contributed by atoms with Crippen LogP contribution in [0.2, 0.25) is 0 Å². The number of nitrogens with one attached hydrogen (secondary N) is 1. The van der Waals surface area contributed by atoms with Gasteiger partial charge in [0.05, 0.1) is 12.5 Å². The van der Waals surface area contributed by atoms with Gasteiger partial charge < -0.3 is 15.8 Å². The van der Waals surface area contributed by atoms with Crippen molar-refractivity contribution in [3.8, 4) is 5.75 Å². The molecule has 1 aromatic rings. The third-order valence-electron chi connectivity index (χ3n) is 3.32. The van der Waals surface area contributed by atoms with Gasteiger partial charge in [-0.2, -0.15) is 0 Å². The van der Waals surface area contributed by atoms with Crippen LogP contribution in [0.4, 0.5) is 0 Å². The largest absolute Gasteiger partial charge is 0.492 e. The molecule has 1 aliphatic rings. The maximum Gasteiger partial charge on any atom is 0.224 e. The average molecular weight is 248 g/mol. The molecule has 0 heterocycles. The fourth-order valence-electron chi connectivity index (χ4n) is 2.31. The molecule has 1 aliphatic carbocycles. The second-order valence-electron chi connectivity index (χ2n) is 4.65. The fourth-order valence-corrected chi connectivity index (χ4v) is 2.31. The monoisotopic (exact) mass is 248 g/mol.